The van der Waals surface area contributed by atoms with Gasteiger partial charge in [-0.25, -0.2) is 0 Å². The van der Waals surface area contributed by atoms with E-state index < -0.39 is 4.92 Å². The second-order valence-electron chi connectivity index (χ2n) is 6.11. The molecule has 30 heavy (non-hydrogen) atoms. The van der Waals surface area contributed by atoms with Gasteiger partial charge in [0.05, 0.1) is 27.0 Å². The number of hydrogen-bond donors (Lipinski definition) is 1. The monoisotopic (exact) mass is 462 g/mol. The van der Waals surface area contributed by atoms with Crippen LogP contribution in [0.15, 0.2) is 46.2 Å². The molecule has 4 rings (SSSR count). The molecular formula is C19H14N2O6S3. The molecule has 2 aliphatic rings. The molecule has 2 aromatic rings. The van der Waals surface area contributed by atoms with E-state index in [4.69, 9.17) is 26.8 Å². The van der Waals surface area contributed by atoms with E-state index in [9.17, 15) is 14.9 Å². The van der Waals surface area contributed by atoms with E-state index in [0.717, 1.165) is 11.8 Å². The van der Waals surface area contributed by atoms with E-state index >= 15 is 0 Å². The summed E-state index contributed by atoms with van der Waals surface area (Å²) in [6.45, 7) is 0.0500. The largest absolute Gasteiger partial charge is 0.454 e. The van der Waals surface area contributed by atoms with Crippen molar-refractivity contribution in [2.45, 2.75) is 4.90 Å². The Morgan fingerprint density at radius 2 is 2.07 bits per heavy atom. The summed E-state index contributed by atoms with van der Waals surface area (Å²) in [5.74, 6) is 1.18. The van der Waals surface area contributed by atoms with Gasteiger partial charge in [-0.05, 0) is 29.8 Å². The van der Waals surface area contributed by atoms with Gasteiger partial charge in [-0.15, -0.1) is 11.8 Å². The minimum absolute atomic E-state index is 0.0755. The fourth-order valence-corrected chi connectivity index (χ4v) is 4.97. The van der Waals surface area contributed by atoms with Gasteiger partial charge in [0.25, 0.3) is 11.6 Å². The van der Waals surface area contributed by atoms with Gasteiger partial charge >= 0.3 is 0 Å². The van der Waals surface area contributed by atoms with Crippen LogP contribution in [0.2, 0.25) is 0 Å². The van der Waals surface area contributed by atoms with Crippen molar-refractivity contribution < 1.29 is 24.3 Å². The lowest BCUT2D eigenvalue weighted by atomic mass is 10.2. The topological polar surface area (TPSA) is 102 Å². The quantitative estimate of drug-likeness (QED) is 0.226. The van der Waals surface area contributed by atoms with Crippen molar-refractivity contribution in [3.05, 3.63) is 57.0 Å². The number of thiocarbonyl (C=S) groups is 1. The van der Waals surface area contributed by atoms with Crippen molar-refractivity contribution in [1.82, 2.24) is 0 Å². The Hall–Kier alpha value is -2.60. The number of thioether (sulfide) groups is 2. The third-order valence-electron chi connectivity index (χ3n) is 4.23. The fourth-order valence-electron chi connectivity index (χ4n) is 2.91. The summed E-state index contributed by atoms with van der Waals surface area (Å²) >= 11 is 7.70. The molecule has 0 aromatic heterocycles. The Balaban J connectivity index is 1.62. The van der Waals surface area contributed by atoms with Gasteiger partial charge in [0, 0.05) is 17.9 Å². The zero-order valence-electron chi connectivity index (χ0n) is 15.3. The number of carbonyl (C=O) groups excluding carboxylic acids is 1. The van der Waals surface area contributed by atoms with Crippen molar-refractivity contribution in [2.75, 3.05) is 24.1 Å². The number of ether oxygens (including phenoxy) is 2. The van der Waals surface area contributed by atoms with E-state index in [1.165, 1.54) is 22.7 Å². The summed E-state index contributed by atoms with van der Waals surface area (Å²) in [7, 11) is 0. The van der Waals surface area contributed by atoms with Crippen molar-refractivity contribution >= 4 is 63.4 Å². The fraction of sp³-hybridized carbons (Fsp3) is 0.158. The molecule has 154 valence electrons. The number of aliphatic hydroxyl groups is 1. The van der Waals surface area contributed by atoms with Crippen LogP contribution in [0.25, 0.3) is 6.08 Å². The first-order chi connectivity index (χ1) is 14.5. The van der Waals surface area contributed by atoms with Crippen LogP contribution in [-0.2, 0) is 4.79 Å². The minimum Gasteiger partial charge on any atom is -0.454 e. The summed E-state index contributed by atoms with van der Waals surface area (Å²) in [5.41, 5.74) is 1.00. The highest BCUT2D eigenvalue weighted by molar-refractivity contribution is 8.27. The predicted molar refractivity (Wildman–Crippen MR) is 119 cm³/mol. The smallest absolute Gasteiger partial charge is 0.283 e. The van der Waals surface area contributed by atoms with Gasteiger partial charge in [0.1, 0.15) is 0 Å². The Labute approximate surface area is 185 Å². The molecule has 11 heteroatoms. The first kappa shape index (κ1) is 20.7. The van der Waals surface area contributed by atoms with Crippen molar-refractivity contribution in [3.8, 4) is 11.5 Å². The predicted octanol–water partition coefficient (Wildman–Crippen LogP) is 3.81. The second kappa shape index (κ2) is 8.64. The summed E-state index contributed by atoms with van der Waals surface area (Å²) < 4.78 is 11.0. The molecule has 2 aromatic carbocycles. The number of anilines is 1. The lowest BCUT2D eigenvalue weighted by molar-refractivity contribution is -0.387. The second-order valence-corrected chi connectivity index (χ2v) is 8.92. The molecule has 1 amide bonds. The number of nitro benzene ring substituents is 1. The van der Waals surface area contributed by atoms with Gasteiger partial charge in [-0.1, -0.05) is 30.0 Å². The molecule has 1 fully saturated rings. The molecule has 0 atom stereocenters. The molecule has 0 radical (unpaired) electrons. The molecular weight excluding hydrogens is 448 g/mol. The van der Waals surface area contributed by atoms with Crippen LogP contribution in [0.5, 0.6) is 11.5 Å². The number of fused-ring (bicyclic) bond motifs is 1. The Kier molecular flexibility index (Phi) is 5.95. The average molecular weight is 463 g/mol. The number of amides is 1. The number of aliphatic hydroxyl groups excluding tert-OH is 1. The number of rotatable bonds is 6. The molecule has 0 bridgehead atoms. The third-order valence-corrected chi connectivity index (χ3v) is 6.58. The van der Waals surface area contributed by atoms with Crippen LogP contribution in [0, 0.1) is 10.1 Å². The maximum Gasteiger partial charge on any atom is 0.283 e. The number of nitrogens with zero attached hydrogens (tertiary/aromatic N) is 2. The van der Waals surface area contributed by atoms with Gasteiger partial charge in [-0.2, -0.15) is 0 Å². The molecule has 0 spiro atoms. The number of nitro groups is 1. The van der Waals surface area contributed by atoms with E-state index in [1.807, 2.05) is 0 Å². The van der Waals surface area contributed by atoms with Crippen molar-refractivity contribution in [1.29, 1.82) is 0 Å². The normalized spacial score (nSPS) is 16.6. The number of hydrogen-bond acceptors (Lipinski definition) is 9. The van der Waals surface area contributed by atoms with Gasteiger partial charge in [0.15, 0.2) is 15.8 Å². The highest BCUT2D eigenvalue weighted by atomic mass is 32.2. The van der Waals surface area contributed by atoms with Gasteiger partial charge in [0.2, 0.25) is 6.79 Å². The van der Waals surface area contributed by atoms with E-state index in [0.29, 0.717) is 42.6 Å². The molecule has 1 N–H and O–H groups in total. The van der Waals surface area contributed by atoms with Crippen LogP contribution in [0.4, 0.5) is 11.4 Å². The maximum absolute atomic E-state index is 13.0. The van der Waals surface area contributed by atoms with Crippen molar-refractivity contribution in [2.24, 2.45) is 0 Å². The zero-order valence-corrected chi connectivity index (χ0v) is 17.7. The maximum atomic E-state index is 13.0. The highest BCUT2D eigenvalue weighted by Crippen LogP contribution is 2.41. The highest BCUT2D eigenvalue weighted by Gasteiger charge is 2.34. The number of carbonyl (C=O) groups is 1. The van der Waals surface area contributed by atoms with Crippen LogP contribution in [0.1, 0.15) is 5.56 Å². The van der Waals surface area contributed by atoms with Crippen molar-refractivity contribution in [3.63, 3.8) is 0 Å². The lowest BCUT2D eigenvalue weighted by Crippen LogP contribution is -2.27. The zero-order chi connectivity index (χ0) is 21.3. The van der Waals surface area contributed by atoms with Crippen LogP contribution >= 0.6 is 35.7 Å². The summed E-state index contributed by atoms with van der Waals surface area (Å²) in [4.78, 5) is 26.1. The summed E-state index contributed by atoms with van der Waals surface area (Å²) in [5, 5.41) is 20.4. The van der Waals surface area contributed by atoms with Crippen LogP contribution in [-0.4, -0.2) is 39.4 Å². The molecule has 1 saturated heterocycles. The summed E-state index contributed by atoms with van der Waals surface area (Å²) in [6.07, 6.45) is 1.58. The SMILES string of the molecule is O=C1C(=Cc2ccc(SCCO)c([N+](=O)[O-])c2)SC(=S)N1c1ccc2c(c1)OCO2. The first-order valence-electron chi connectivity index (χ1n) is 8.67. The minimum atomic E-state index is -0.477. The van der Waals surface area contributed by atoms with E-state index in [1.54, 1.807) is 36.4 Å². The molecule has 8 nitrogen and oxygen atoms in total. The molecule has 0 saturated carbocycles. The van der Waals surface area contributed by atoms with Crippen LogP contribution < -0.4 is 14.4 Å². The molecule has 0 aliphatic carbocycles. The first-order valence-corrected chi connectivity index (χ1v) is 10.9. The Morgan fingerprint density at radius 3 is 2.83 bits per heavy atom. The Morgan fingerprint density at radius 1 is 1.27 bits per heavy atom. The van der Waals surface area contributed by atoms with Gasteiger partial charge in [-0.3, -0.25) is 19.8 Å². The average Bonchev–Trinajstić information content (AvgIpc) is 3.30. The standard InChI is InChI=1S/C19H14N2O6S3/c22-5-6-29-16-4-1-11(7-13(16)21(24)25)8-17-18(23)20(19(28)30-17)12-2-3-14-15(9-12)27-10-26-14/h1-4,7-9,22H,5-6,10H2. The molecule has 2 heterocycles. The Bertz CT molecular complexity index is 1090. The van der Waals surface area contributed by atoms with Crippen LogP contribution in [0.3, 0.4) is 0 Å². The lowest BCUT2D eigenvalue weighted by Gasteiger charge is -2.14. The molecule has 2 aliphatic heterocycles. The molecule has 0 unspecified atom stereocenters. The third kappa shape index (κ3) is 4.01. The van der Waals surface area contributed by atoms with E-state index in [-0.39, 0.29) is 25.0 Å². The summed E-state index contributed by atoms with van der Waals surface area (Å²) in [6, 6.07) is 9.84. The van der Waals surface area contributed by atoms with E-state index in [2.05, 4.69) is 0 Å². The number of benzene rings is 2. The van der Waals surface area contributed by atoms with Gasteiger partial charge < -0.3 is 14.6 Å².